The number of carbonyl (C=O) groups is 5. The fraction of sp³-hybridized carbons (Fsp3) is 0.367. The van der Waals surface area contributed by atoms with Gasteiger partial charge in [0, 0.05) is 5.57 Å². The third kappa shape index (κ3) is 3.39. The number of anilines is 2. The molecule has 8 heteroatoms. The van der Waals surface area contributed by atoms with E-state index in [9.17, 15) is 24.0 Å². The lowest BCUT2D eigenvalue weighted by atomic mass is 9.56. The number of ether oxygens (including phenoxy) is 1. The van der Waals surface area contributed by atoms with Crippen molar-refractivity contribution in [2.75, 3.05) is 16.4 Å². The number of imide groups is 2. The average Bonchev–Trinajstić information content (AvgIpc) is 3.33. The minimum Gasteiger partial charge on any atom is -0.463 e. The van der Waals surface area contributed by atoms with Crippen molar-refractivity contribution in [1.29, 1.82) is 0 Å². The summed E-state index contributed by atoms with van der Waals surface area (Å²) in [6.07, 6.45) is 0.273. The summed E-state index contributed by atoms with van der Waals surface area (Å²) < 4.78 is 5.37. The first-order chi connectivity index (χ1) is 18.3. The molecule has 2 aliphatic heterocycles. The third-order valence-electron chi connectivity index (χ3n) is 8.68. The van der Waals surface area contributed by atoms with Gasteiger partial charge < -0.3 is 4.74 Å². The third-order valence-corrected chi connectivity index (χ3v) is 8.68. The van der Waals surface area contributed by atoms with Gasteiger partial charge in [0.25, 0.3) is 0 Å². The Labute approximate surface area is 220 Å². The number of amides is 4. The molecule has 6 rings (SSSR count). The summed E-state index contributed by atoms with van der Waals surface area (Å²) in [6, 6.07) is 17.6. The largest absolute Gasteiger partial charge is 0.463 e. The second-order valence-electron chi connectivity index (χ2n) is 10.5. The maximum absolute atomic E-state index is 13.9. The number of para-hydroxylation sites is 2. The molecule has 2 saturated heterocycles. The van der Waals surface area contributed by atoms with E-state index in [0.717, 1.165) is 0 Å². The number of allylic oxidation sites excluding steroid dienone is 1. The Morgan fingerprint density at radius 2 is 1.24 bits per heavy atom. The standard InChI is InChI=1S/C30H28N2O6/c1-3-38-30(37)20-15-22-25(29(36)32(27(22)34)18-12-8-5-9-13-18)23-16(2)24-21(14-19(20)23)26(33)31(28(24)35)17-10-6-4-7-11-17/h4-13,16,21-25H,3,14-15H2,1-2H3/t16-,21+,22+,23-,24-,25+/m0/s1. The van der Waals surface area contributed by atoms with Crippen molar-refractivity contribution in [2.24, 2.45) is 35.5 Å². The van der Waals surface area contributed by atoms with E-state index in [4.69, 9.17) is 4.74 Å². The van der Waals surface area contributed by atoms with Crippen LogP contribution in [0.1, 0.15) is 26.7 Å². The van der Waals surface area contributed by atoms with E-state index in [1.54, 1.807) is 55.5 Å². The second-order valence-corrected chi connectivity index (χ2v) is 10.5. The molecule has 2 heterocycles. The summed E-state index contributed by atoms with van der Waals surface area (Å²) in [5.41, 5.74) is 2.05. The lowest BCUT2D eigenvalue weighted by Gasteiger charge is -2.44. The molecule has 0 aromatic heterocycles. The lowest BCUT2D eigenvalue weighted by Crippen LogP contribution is -2.46. The van der Waals surface area contributed by atoms with E-state index in [0.29, 0.717) is 22.5 Å². The SMILES string of the molecule is CCOC(=O)C1=C2C[C@H]3C(=O)N(c4ccccc4)C(=O)[C@H]3[C@@H](C)[C@@H]2[C@@H]2C(=O)N(c3ccccc3)C(=O)[C@@H]2C1. The van der Waals surface area contributed by atoms with Crippen LogP contribution in [0.5, 0.6) is 0 Å². The lowest BCUT2D eigenvalue weighted by molar-refractivity contribution is -0.140. The Balaban J connectivity index is 1.45. The van der Waals surface area contributed by atoms with Crippen molar-refractivity contribution >= 4 is 41.0 Å². The van der Waals surface area contributed by atoms with Crippen LogP contribution in [0.3, 0.4) is 0 Å². The van der Waals surface area contributed by atoms with Crippen LogP contribution in [-0.4, -0.2) is 36.2 Å². The van der Waals surface area contributed by atoms with E-state index >= 15 is 0 Å². The van der Waals surface area contributed by atoms with Gasteiger partial charge in [-0.05, 0) is 55.9 Å². The van der Waals surface area contributed by atoms with Gasteiger partial charge in [0.1, 0.15) is 0 Å². The maximum atomic E-state index is 13.9. The van der Waals surface area contributed by atoms with Crippen LogP contribution in [0.15, 0.2) is 71.8 Å². The zero-order valence-corrected chi connectivity index (χ0v) is 21.2. The number of hydrogen-bond acceptors (Lipinski definition) is 6. The van der Waals surface area contributed by atoms with Crippen LogP contribution in [0.25, 0.3) is 0 Å². The van der Waals surface area contributed by atoms with Crippen molar-refractivity contribution < 1.29 is 28.7 Å². The molecule has 194 valence electrons. The normalized spacial score (nSPS) is 30.4. The fourth-order valence-electron chi connectivity index (χ4n) is 7.15. The van der Waals surface area contributed by atoms with Gasteiger partial charge in [-0.1, -0.05) is 48.9 Å². The van der Waals surface area contributed by atoms with Crippen LogP contribution in [0.4, 0.5) is 11.4 Å². The number of carbonyl (C=O) groups excluding carboxylic acids is 5. The first-order valence-corrected chi connectivity index (χ1v) is 13.1. The minimum absolute atomic E-state index is 0.0812. The van der Waals surface area contributed by atoms with Crippen LogP contribution < -0.4 is 9.80 Å². The first-order valence-electron chi connectivity index (χ1n) is 13.1. The molecule has 3 fully saturated rings. The number of nitrogens with zero attached hydrogens (tertiary/aromatic N) is 2. The van der Waals surface area contributed by atoms with E-state index in [1.807, 2.05) is 19.1 Å². The van der Waals surface area contributed by atoms with Crippen molar-refractivity contribution in [3.05, 3.63) is 71.8 Å². The van der Waals surface area contributed by atoms with E-state index in [2.05, 4.69) is 0 Å². The minimum atomic E-state index is -0.729. The Morgan fingerprint density at radius 1 is 0.737 bits per heavy atom. The highest BCUT2D eigenvalue weighted by molar-refractivity contribution is 6.24. The molecule has 4 aliphatic rings. The molecule has 4 amide bonds. The van der Waals surface area contributed by atoms with Gasteiger partial charge in [-0.3, -0.25) is 29.0 Å². The predicted molar refractivity (Wildman–Crippen MR) is 137 cm³/mol. The van der Waals surface area contributed by atoms with Gasteiger partial charge in [0.05, 0.1) is 41.7 Å². The summed E-state index contributed by atoms with van der Waals surface area (Å²) in [4.78, 5) is 70.4. The molecule has 0 bridgehead atoms. The summed E-state index contributed by atoms with van der Waals surface area (Å²) in [6.45, 7) is 3.75. The second kappa shape index (κ2) is 9.04. The fourth-order valence-corrected chi connectivity index (χ4v) is 7.15. The quantitative estimate of drug-likeness (QED) is 0.459. The van der Waals surface area contributed by atoms with Crippen LogP contribution in [-0.2, 0) is 28.7 Å². The molecule has 2 aliphatic carbocycles. The van der Waals surface area contributed by atoms with Crippen molar-refractivity contribution in [2.45, 2.75) is 26.7 Å². The summed E-state index contributed by atoms with van der Waals surface area (Å²) in [5, 5.41) is 0. The topological polar surface area (TPSA) is 101 Å². The average molecular weight is 513 g/mol. The molecule has 0 N–H and O–H groups in total. The summed E-state index contributed by atoms with van der Waals surface area (Å²) in [7, 11) is 0. The van der Waals surface area contributed by atoms with Gasteiger partial charge in [-0.2, -0.15) is 0 Å². The number of rotatable bonds is 4. The van der Waals surface area contributed by atoms with Gasteiger partial charge in [-0.15, -0.1) is 0 Å². The zero-order chi connectivity index (χ0) is 26.7. The van der Waals surface area contributed by atoms with E-state index < -0.39 is 41.5 Å². The number of hydrogen-bond donors (Lipinski definition) is 0. The Kier molecular flexibility index (Phi) is 5.78. The maximum Gasteiger partial charge on any atom is 0.333 e. The Bertz CT molecular complexity index is 1380. The van der Waals surface area contributed by atoms with Crippen LogP contribution in [0.2, 0.25) is 0 Å². The van der Waals surface area contributed by atoms with Crippen molar-refractivity contribution in [3.8, 4) is 0 Å². The molecule has 0 spiro atoms. The highest BCUT2D eigenvalue weighted by Crippen LogP contribution is 2.57. The van der Waals surface area contributed by atoms with E-state index in [1.165, 1.54) is 9.80 Å². The predicted octanol–water partition coefficient (Wildman–Crippen LogP) is 3.52. The van der Waals surface area contributed by atoms with Crippen LogP contribution in [0, 0.1) is 35.5 Å². The molecule has 2 aromatic carbocycles. The molecular formula is C30H28N2O6. The molecular weight excluding hydrogens is 484 g/mol. The highest BCUT2D eigenvalue weighted by atomic mass is 16.5. The summed E-state index contributed by atoms with van der Waals surface area (Å²) in [5.74, 6) is -5.46. The smallest absolute Gasteiger partial charge is 0.333 e. The molecule has 2 aromatic rings. The first kappa shape index (κ1) is 24.3. The van der Waals surface area contributed by atoms with Crippen molar-refractivity contribution in [3.63, 3.8) is 0 Å². The zero-order valence-electron chi connectivity index (χ0n) is 21.2. The number of esters is 1. The molecule has 38 heavy (non-hydrogen) atoms. The molecule has 8 nitrogen and oxygen atoms in total. The molecule has 0 unspecified atom stereocenters. The number of benzene rings is 2. The van der Waals surface area contributed by atoms with E-state index in [-0.39, 0.29) is 43.1 Å². The van der Waals surface area contributed by atoms with Gasteiger partial charge in [0.2, 0.25) is 23.6 Å². The van der Waals surface area contributed by atoms with Gasteiger partial charge >= 0.3 is 5.97 Å². The van der Waals surface area contributed by atoms with Crippen LogP contribution >= 0.6 is 0 Å². The monoisotopic (exact) mass is 512 g/mol. The number of fused-ring (bicyclic) bond motifs is 4. The van der Waals surface area contributed by atoms with Gasteiger partial charge in [0.15, 0.2) is 0 Å². The highest BCUT2D eigenvalue weighted by Gasteiger charge is 2.63. The summed E-state index contributed by atoms with van der Waals surface area (Å²) >= 11 is 0. The molecule has 6 atom stereocenters. The van der Waals surface area contributed by atoms with Gasteiger partial charge in [-0.25, -0.2) is 4.79 Å². The van der Waals surface area contributed by atoms with Crippen molar-refractivity contribution in [1.82, 2.24) is 0 Å². The Hall–Kier alpha value is -4.07. The molecule has 1 saturated carbocycles. The molecule has 0 radical (unpaired) electrons. The Morgan fingerprint density at radius 3 is 1.76 bits per heavy atom.